The number of fused-ring (bicyclic) bond motifs is 1. The van der Waals surface area contributed by atoms with Gasteiger partial charge in [0.2, 0.25) is 0 Å². The van der Waals surface area contributed by atoms with Gasteiger partial charge in [0.25, 0.3) is 5.91 Å². The fraction of sp³-hybridized carbons (Fsp3) is 0.150. The molecule has 0 aliphatic rings. The lowest BCUT2D eigenvalue weighted by atomic mass is 10.1. The van der Waals surface area contributed by atoms with Crippen molar-refractivity contribution in [2.24, 2.45) is 0 Å². The van der Waals surface area contributed by atoms with Gasteiger partial charge in [-0.2, -0.15) is 0 Å². The third kappa shape index (κ3) is 3.75. The minimum absolute atomic E-state index is 0.215. The second-order valence-corrected chi connectivity index (χ2v) is 7.05. The van der Waals surface area contributed by atoms with Crippen LogP contribution in [0.2, 0.25) is 15.1 Å². The van der Waals surface area contributed by atoms with E-state index >= 15 is 0 Å². The zero-order valence-corrected chi connectivity index (χ0v) is 16.5. The molecular weight excluding hydrogens is 393 g/mol. The second kappa shape index (κ2) is 7.75. The maximum atomic E-state index is 12.2. The molecule has 0 bridgehead atoms. The predicted octanol–water partition coefficient (Wildman–Crippen LogP) is 6.43. The first kappa shape index (κ1) is 18.8. The molecule has 0 aromatic heterocycles. The Bertz CT molecular complexity index is 973. The largest absolute Gasteiger partial charge is 0.481 e. The Morgan fingerprint density at radius 3 is 2.19 bits per heavy atom. The summed E-state index contributed by atoms with van der Waals surface area (Å²) in [6.07, 6.45) is 0. The monoisotopic (exact) mass is 407 g/mol. The number of ether oxygens (including phenoxy) is 1. The molecule has 0 spiro atoms. The third-order valence-corrected chi connectivity index (χ3v) is 5.57. The number of nitrogens with one attached hydrogen (secondary N) is 1. The van der Waals surface area contributed by atoms with E-state index in [1.165, 1.54) is 0 Å². The third-order valence-electron chi connectivity index (χ3n) is 4.10. The van der Waals surface area contributed by atoms with E-state index in [2.05, 4.69) is 5.32 Å². The van der Waals surface area contributed by atoms with E-state index in [0.717, 1.165) is 10.8 Å². The zero-order chi connectivity index (χ0) is 18.8. The van der Waals surface area contributed by atoms with Crippen LogP contribution in [0.4, 0.5) is 5.69 Å². The molecule has 1 N–H and O–H groups in total. The van der Waals surface area contributed by atoms with Crippen LogP contribution in [0.15, 0.2) is 42.5 Å². The molecule has 0 saturated heterocycles. The summed E-state index contributed by atoms with van der Waals surface area (Å²) in [5.41, 5.74) is 2.03. The zero-order valence-electron chi connectivity index (χ0n) is 14.2. The summed E-state index contributed by atoms with van der Waals surface area (Å²) in [5.74, 6) is -0.0425. The van der Waals surface area contributed by atoms with Gasteiger partial charge in [-0.15, -0.1) is 0 Å². The van der Waals surface area contributed by atoms with Gasteiger partial charge in [-0.05, 0) is 47.9 Å². The van der Waals surface area contributed by atoms with Crippen LogP contribution in [0, 0.1) is 13.8 Å². The number of anilines is 1. The van der Waals surface area contributed by atoms with Crippen LogP contribution >= 0.6 is 34.8 Å². The highest BCUT2D eigenvalue weighted by Gasteiger charge is 2.18. The van der Waals surface area contributed by atoms with Crippen LogP contribution in [0.1, 0.15) is 11.1 Å². The van der Waals surface area contributed by atoms with Crippen molar-refractivity contribution in [1.29, 1.82) is 0 Å². The quantitative estimate of drug-likeness (QED) is 0.540. The number of hydrogen-bond donors (Lipinski definition) is 1. The summed E-state index contributed by atoms with van der Waals surface area (Å²) in [4.78, 5) is 12.2. The first-order valence-electron chi connectivity index (χ1n) is 7.93. The normalized spacial score (nSPS) is 10.8. The van der Waals surface area contributed by atoms with Gasteiger partial charge in [0.05, 0.1) is 10.0 Å². The Morgan fingerprint density at radius 1 is 0.923 bits per heavy atom. The highest BCUT2D eigenvalue weighted by atomic mass is 35.5. The maximum Gasteiger partial charge on any atom is 0.262 e. The average molecular weight is 409 g/mol. The fourth-order valence-electron chi connectivity index (χ4n) is 2.64. The van der Waals surface area contributed by atoms with Gasteiger partial charge in [0, 0.05) is 10.7 Å². The molecule has 1 amide bonds. The summed E-state index contributed by atoms with van der Waals surface area (Å²) in [7, 11) is 0. The van der Waals surface area contributed by atoms with Gasteiger partial charge in [0.15, 0.2) is 12.4 Å². The average Bonchev–Trinajstić information content (AvgIpc) is 2.64. The number of halogens is 3. The van der Waals surface area contributed by atoms with Crippen LogP contribution in [-0.2, 0) is 4.79 Å². The van der Waals surface area contributed by atoms with E-state index in [9.17, 15) is 4.79 Å². The van der Waals surface area contributed by atoms with Crippen molar-refractivity contribution in [2.75, 3.05) is 11.9 Å². The van der Waals surface area contributed by atoms with Gasteiger partial charge in [0.1, 0.15) is 0 Å². The molecule has 0 atom stereocenters. The number of carbonyl (C=O) groups is 1. The molecule has 0 heterocycles. The lowest BCUT2D eigenvalue weighted by Crippen LogP contribution is -2.20. The van der Waals surface area contributed by atoms with Gasteiger partial charge in [-0.1, -0.05) is 65.1 Å². The van der Waals surface area contributed by atoms with Crippen molar-refractivity contribution in [1.82, 2.24) is 0 Å². The van der Waals surface area contributed by atoms with E-state index in [0.29, 0.717) is 31.9 Å². The van der Waals surface area contributed by atoms with Crippen LogP contribution in [-0.4, -0.2) is 12.5 Å². The predicted molar refractivity (Wildman–Crippen MR) is 109 cm³/mol. The lowest BCUT2D eigenvalue weighted by molar-refractivity contribution is -0.118. The number of benzene rings is 3. The molecule has 3 rings (SSSR count). The Labute approximate surface area is 166 Å². The molecule has 0 saturated carbocycles. The molecule has 0 aliphatic carbocycles. The summed E-state index contributed by atoms with van der Waals surface area (Å²) >= 11 is 18.7. The molecular formula is C20H16Cl3NO2. The Hall–Kier alpha value is -1.94. The molecule has 3 nitrogen and oxygen atoms in total. The number of hydrogen-bond acceptors (Lipinski definition) is 2. The van der Waals surface area contributed by atoms with Crippen LogP contribution in [0.5, 0.6) is 5.75 Å². The summed E-state index contributed by atoms with van der Waals surface area (Å²) in [5, 5.41) is 6.07. The molecule has 3 aromatic rings. The summed E-state index contributed by atoms with van der Waals surface area (Å²) in [6, 6.07) is 13.6. The molecule has 134 valence electrons. The van der Waals surface area contributed by atoms with Crippen molar-refractivity contribution in [2.45, 2.75) is 13.8 Å². The molecule has 26 heavy (non-hydrogen) atoms. The van der Waals surface area contributed by atoms with Crippen LogP contribution in [0.25, 0.3) is 10.8 Å². The lowest BCUT2D eigenvalue weighted by Gasteiger charge is -2.15. The smallest absolute Gasteiger partial charge is 0.262 e. The van der Waals surface area contributed by atoms with Crippen LogP contribution < -0.4 is 10.1 Å². The van der Waals surface area contributed by atoms with E-state index < -0.39 is 0 Å². The van der Waals surface area contributed by atoms with E-state index in [1.807, 2.05) is 42.5 Å². The van der Waals surface area contributed by atoms with Crippen molar-refractivity contribution >= 4 is 57.2 Å². The minimum atomic E-state index is -0.308. The van der Waals surface area contributed by atoms with E-state index in [-0.39, 0.29) is 18.3 Å². The minimum Gasteiger partial charge on any atom is -0.481 e. The van der Waals surface area contributed by atoms with Gasteiger partial charge >= 0.3 is 0 Å². The van der Waals surface area contributed by atoms with Gasteiger partial charge in [-0.25, -0.2) is 0 Å². The highest BCUT2D eigenvalue weighted by molar-refractivity contribution is 6.42. The number of amides is 1. The Morgan fingerprint density at radius 2 is 1.54 bits per heavy atom. The van der Waals surface area contributed by atoms with Crippen LogP contribution in [0.3, 0.4) is 0 Å². The first-order valence-corrected chi connectivity index (χ1v) is 9.07. The molecule has 0 aliphatic heterocycles. The number of rotatable bonds is 4. The molecule has 6 heteroatoms. The van der Waals surface area contributed by atoms with Crippen molar-refractivity contribution < 1.29 is 9.53 Å². The van der Waals surface area contributed by atoms with Crippen molar-refractivity contribution in [3.05, 3.63) is 68.7 Å². The molecule has 0 radical (unpaired) electrons. The Kier molecular flexibility index (Phi) is 5.61. The molecule has 0 unspecified atom stereocenters. The standard InChI is InChI=1S/C20H16Cl3NO2/c1-11-17(21)12(2)19(23)20(18(11)22)26-10-16(25)24-15-8-7-13-5-3-4-6-14(13)9-15/h3-9H,10H2,1-2H3,(H,24,25). The van der Waals surface area contributed by atoms with Crippen molar-refractivity contribution in [3.63, 3.8) is 0 Å². The number of carbonyl (C=O) groups excluding carboxylic acids is 1. The van der Waals surface area contributed by atoms with Crippen molar-refractivity contribution in [3.8, 4) is 5.75 Å². The fourth-order valence-corrected chi connectivity index (χ4v) is 3.46. The summed E-state index contributed by atoms with van der Waals surface area (Å²) < 4.78 is 5.57. The van der Waals surface area contributed by atoms with Gasteiger partial charge in [-0.3, -0.25) is 4.79 Å². The molecule has 3 aromatic carbocycles. The maximum absolute atomic E-state index is 12.2. The SMILES string of the molecule is Cc1c(Cl)c(C)c(Cl)c(OCC(=O)Nc2ccc3ccccc3c2)c1Cl. The first-order chi connectivity index (χ1) is 12.4. The highest BCUT2D eigenvalue weighted by Crippen LogP contribution is 2.42. The molecule has 0 fully saturated rings. The van der Waals surface area contributed by atoms with E-state index in [4.69, 9.17) is 39.5 Å². The second-order valence-electron chi connectivity index (χ2n) is 5.92. The topological polar surface area (TPSA) is 38.3 Å². The summed E-state index contributed by atoms with van der Waals surface area (Å²) in [6.45, 7) is 3.33. The Balaban J connectivity index is 1.73. The van der Waals surface area contributed by atoms with Gasteiger partial charge < -0.3 is 10.1 Å². The van der Waals surface area contributed by atoms with E-state index in [1.54, 1.807) is 13.8 Å².